The van der Waals surface area contributed by atoms with Crippen LogP contribution in [-0.2, 0) is 4.79 Å². The third-order valence-electron chi connectivity index (χ3n) is 2.81. The maximum absolute atomic E-state index is 13.4. The number of hydrogen-bond acceptors (Lipinski definition) is 3. The fraction of sp³-hybridized carbons (Fsp3) is 0.133. The number of carbonyl (C=O) groups is 2. The summed E-state index contributed by atoms with van der Waals surface area (Å²) in [4.78, 5) is 23.2. The molecular formula is C15H16FN5O2. The summed E-state index contributed by atoms with van der Waals surface area (Å²) in [7, 11) is 0. The number of urea groups is 1. The summed E-state index contributed by atoms with van der Waals surface area (Å²) in [5, 5.41) is 11.4. The third-order valence-corrected chi connectivity index (χ3v) is 2.81. The first-order chi connectivity index (χ1) is 11.1. The number of nitrogens with zero attached hydrogens (tertiary/aromatic N) is 2. The summed E-state index contributed by atoms with van der Waals surface area (Å²) in [6.45, 7) is 3.58. The van der Waals surface area contributed by atoms with Crippen LogP contribution in [0, 0.1) is 5.82 Å². The molecule has 0 unspecified atom stereocenters. The Hall–Kier alpha value is -3.16. The summed E-state index contributed by atoms with van der Waals surface area (Å²) in [6, 6.07) is 5.01. The van der Waals surface area contributed by atoms with Crippen molar-refractivity contribution >= 4 is 17.6 Å². The van der Waals surface area contributed by atoms with E-state index >= 15 is 0 Å². The fourth-order valence-electron chi connectivity index (χ4n) is 1.80. The van der Waals surface area contributed by atoms with Crippen LogP contribution in [0.2, 0.25) is 0 Å². The van der Waals surface area contributed by atoms with E-state index in [0.717, 1.165) is 0 Å². The molecule has 1 aromatic carbocycles. The van der Waals surface area contributed by atoms with Crippen LogP contribution in [0.4, 0.5) is 14.9 Å². The predicted octanol–water partition coefficient (Wildman–Crippen LogP) is 1.44. The van der Waals surface area contributed by atoms with Gasteiger partial charge >= 0.3 is 6.03 Å². The van der Waals surface area contributed by atoms with Gasteiger partial charge in [-0.15, -0.1) is 6.58 Å². The molecule has 0 radical (unpaired) electrons. The van der Waals surface area contributed by atoms with Crippen molar-refractivity contribution in [2.75, 3.05) is 18.4 Å². The highest BCUT2D eigenvalue weighted by Crippen LogP contribution is 2.20. The van der Waals surface area contributed by atoms with Gasteiger partial charge in [-0.3, -0.25) is 4.79 Å². The monoisotopic (exact) mass is 317 g/mol. The van der Waals surface area contributed by atoms with Crippen LogP contribution in [0.5, 0.6) is 0 Å². The lowest BCUT2D eigenvalue weighted by Gasteiger charge is -2.12. The number of nitrogens with one attached hydrogen (secondary N) is 3. The molecule has 1 aromatic heterocycles. The Balaban J connectivity index is 2.02. The van der Waals surface area contributed by atoms with Gasteiger partial charge in [0.15, 0.2) is 0 Å². The highest BCUT2D eigenvalue weighted by molar-refractivity contribution is 5.93. The van der Waals surface area contributed by atoms with Gasteiger partial charge in [-0.2, -0.15) is 5.10 Å². The average Bonchev–Trinajstić information content (AvgIpc) is 3.05. The minimum atomic E-state index is -0.627. The van der Waals surface area contributed by atoms with Crippen molar-refractivity contribution in [3.63, 3.8) is 0 Å². The molecule has 0 atom stereocenters. The maximum atomic E-state index is 13.4. The second-order valence-corrected chi connectivity index (χ2v) is 4.51. The summed E-state index contributed by atoms with van der Waals surface area (Å²) < 4.78 is 14.9. The van der Waals surface area contributed by atoms with E-state index in [0.29, 0.717) is 12.2 Å². The summed E-state index contributed by atoms with van der Waals surface area (Å²) in [5.41, 5.74) is 0.736. The number of rotatable bonds is 6. The molecule has 2 aromatic rings. The van der Waals surface area contributed by atoms with E-state index in [1.54, 1.807) is 18.5 Å². The Labute approximate surface area is 132 Å². The van der Waals surface area contributed by atoms with Crippen LogP contribution >= 0.6 is 0 Å². The predicted molar refractivity (Wildman–Crippen MR) is 83.8 cm³/mol. The highest BCUT2D eigenvalue weighted by Gasteiger charge is 2.11. The van der Waals surface area contributed by atoms with E-state index in [-0.39, 0.29) is 18.1 Å². The zero-order valence-electron chi connectivity index (χ0n) is 12.3. The number of hydrogen-bond donors (Lipinski definition) is 3. The highest BCUT2D eigenvalue weighted by atomic mass is 19.1. The molecule has 0 spiro atoms. The van der Waals surface area contributed by atoms with Gasteiger partial charge < -0.3 is 16.0 Å². The minimum Gasteiger partial charge on any atom is -0.351 e. The van der Waals surface area contributed by atoms with Gasteiger partial charge in [0.05, 0.1) is 17.9 Å². The number of benzene rings is 1. The van der Waals surface area contributed by atoms with Crippen molar-refractivity contribution in [2.45, 2.75) is 0 Å². The van der Waals surface area contributed by atoms with E-state index in [4.69, 9.17) is 0 Å². The van der Waals surface area contributed by atoms with Crippen molar-refractivity contribution in [3.05, 3.63) is 55.1 Å². The molecule has 23 heavy (non-hydrogen) atoms. The molecule has 0 aliphatic heterocycles. The molecule has 8 heteroatoms. The van der Waals surface area contributed by atoms with Crippen molar-refractivity contribution in [2.24, 2.45) is 0 Å². The number of anilines is 1. The molecule has 0 bridgehead atoms. The molecule has 1 heterocycles. The second-order valence-electron chi connectivity index (χ2n) is 4.51. The van der Waals surface area contributed by atoms with E-state index in [9.17, 15) is 14.0 Å². The SMILES string of the molecule is C=CCNC(=O)CNC(=O)Nc1cc(F)ccc1-n1cccn1. The molecular weight excluding hydrogens is 301 g/mol. The van der Waals surface area contributed by atoms with Crippen molar-refractivity contribution in [1.29, 1.82) is 0 Å². The van der Waals surface area contributed by atoms with Crippen LogP contribution in [-0.4, -0.2) is 34.8 Å². The van der Waals surface area contributed by atoms with E-state index < -0.39 is 11.8 Å². The van der Waals surface area contributed by atoms with E-state index in [1.807, 2.05) is 0 Å². The number of amides is 3. The van der Waals surface area contributed by atoms with Gasteiger partial charge in [0.25, 0.3) is 0 Å². The number of halogens is 1. The van der Waals surface area contributed by atoms with Crippen LogP contribution in [0.3, 0.4) is 0 Å². The van der Waals surface area contributed by atoms with Crippen LogP contribution in [0.1, 0.15) is 0 Å². The van der Waals surface area contributed by atoms with Gasteiger partial charge in [-0.25, -0.2) is 13.9 Å². The van der Waals surface area contributed by atoms with Gasteiger partial charge in [0.2, 0.25) is 5.91 Å². The van der Waals surface area contributed by atoms with Crippen molar-refractivity contribution in [1.82, 2.24) is 20.4 Å². The largest absolute Gasteiger partial charge is 0.351 e. The molecule has 0 fully saturated rings. The second kappa shape index (κ2) is 7.74. The molecule has 3 amide bonds. The summed E-state index contributed by atoms with van der Waals surface area (Å²) in [6.07, 6.45) is 4.76. The smallest absolute Gasteiger partial charge is 0.319 e. The standard InChI is InChI=1S/C15H16FN5O2/c1-2-6-17-14(22)10-18-15(23)20-12-9-11(16)4-5-13(12)21-8-3-7-19-21/h2-5,7-9H,1,6,10H2,(H,17,22)(H2,18,20,23). The lowest BCUT2D eigenvalue weighted by molar-refractivity contribution is -0.119. The summed E-state index contributed by atoms with van der Waals surface area (Å²) in [5.74, 6) is -0.855. The average molecular weight is 317 g/mol. The Morgan fingerprint density at radius 1 is 1.35 bits per heavy atom. The third kappa shape index (κ3) is 4.67. The first kappa shape index (κ1) is 16.2. The number of carbonyl (C=O) groups excluding carboxylic acids is 2. The lowest BCUT2D eigenvalue weighted by Crippen LogP contribution is -2.39. The molecule has 120 valence electrons. The van der Waals surface area contributed by atoms with Crippen molar-refractivity contribution < 1.29 is 14.0 Å². The molecule has 0 saturated carbocycles. The van der Waals surface area contributed by atoms with Gasteiger partial charge in [-0.1, -0.05) is 6.08 Å². The topological polar surface area (TPSA) is 88.0 Å². The molecule has 7 nitrogen and oxygen atoms in total. The van der Waals surface area contributed by atoms with Crippen molar-refractivity contribution in [3.8, 4) is 5.69 Å². The van der Waals surface area contributed by atoms with E-state index in [1.165, 1.54) is 29.0 Å². The van der Waals surface area contributed by atoms with Crippen LogP contribution in [0.15, 0.2) is 49.3 Å². The molecule has 3 N–H and O–H groups in total. The molecule has 2 rings (SSSR count). The summed E-state index contributed by atoms with van der Waals surface area (Å²) >= 11 is 0. The Kier molecular flexibility index (Phi) is 5.45. The van der Waals surface area contributed by atoms with Crippen LogP contribution < -0.4 is 16.0 Å². The zero-order chi connectivity index (χ0) is 16.7. The van der Waals surface area contributed by atoms with E-state index in [2.05, 4.69) is 27.6 Å². The maximum Gasteiger partial charge on any atom is 0.319 e. The molecule has 0 saturated heterocycles. The first-order valence-corrected chi connectivity index (χ1v) is 6.82. The molecule has 0 aliphatic rings. The Morgan fingerprint density at radius 2 is 2.17 bits per heavy atom. The molecule has 0 aliphatic carbocycles. The zero-order valence-corrected chi connectivity index (χ0v) is 12.3. The van der Waals surface area contributed by atoms with Gasteiger partial charge in [0.1, 0.15) is 5.82 Å². The first-order valence-electron chi connectivity index (χ1n) is 6.82. The fourth-order valence-corrected chi connectivity index (χ4v) is 1.80. The number of aromatic nitrogens is 2. The Morgan fingerprint density at radius 3 is 2.87 bits per heavy atom. The van der Waals surface area contributed by atoms with Gasteiger partial charge in [-0.05, 0) is 24.3 Å². The van der Waals surface area contributed by atoms with Gasteiger partial charge in [0, 0.05) is 18.9 Å². The lowest BCUT2D eigenvalue weighted by atomic mass is 10.2. The van der Waals surface area contributed by atoms with Crippen LogP contribution in [0.25, 0.3) is 5.69 Å². The normalized spacial score (nSPS) is 9.96. The Bertz CT molecular complexity index is 700. The quantitative estimate of drug-likeness (QED) is 0.704. The minimum absolute atomic E-state index is 0.202.